The molecular formula is C26H33FN2S. The third-order valence-electron chi connectivity index (χ3n) is 5.02. The zero-order valence-electron chi connectivity index (χ0n) is 19.2. The van der Waals surface area contributed by atoms with E-state index in [4.69, 9.17) is 12.2 Å². The van der Waals surface area contributed by atoms with E-state index in [2.05, 4.69) is 50.6 Å². The number of hydrogen-bond acceptors (Lipinski definition) is 2. The molecule has 0 heterocycles. The second-order valence-electron chi connectivity index (χ2n) is 6.85. The Morgan fingerprint density at radius 1 is 0.967 bits per heavy atom. The van der Waals surface area contributed by atoms with Crippen molar-refractivity contribution in [3.8, 4) is 0 Å². The number of thiocarbonyl (C=S) groups is 1. The third kappa shape index (κ3) is 5.90. The van der Waals surface area contributed by atoms with Gasteiger partial charge in [-0.05, 0) is 69.0 Å². The van der Waals surface area contributed by atoms with Crippen LogP contribution >= 0.6 is 12.2 Å². The fraction of sp³-hybridized carbons (Fsp3) is 0.269. The molecule has 0 saturated heterocycles. The zero-order chi connectivity index (χ0) is 23.0. The summed E-state index contributed by atoms with van der Waals surface area (Å²) in [5, 5.41) is 6.45. The second-order valence-corrected chi connectivity index (χ2v) is 7.26. The molecule has 0 aliphatic rings. The van der Waals surface area contributed by atoms with Crippen molar-refractivity contribution in [1.29, 1.82) is 0 Å². The molecule has 0 unspecified atom stereocenters. The predicted octanol–water partition coefficient (Wildman–Crippen LogP) is 7.44. The Labute approximate surface area is 186 Å². The molecule has 0 radical (unpaired) electrons. The van der Waals surface area contributed by atoms with Crippen LogP contribution in [0.25, 0.3) is 0 Å². The van der Waals surface area contributed by atoms with Crippen molar-refractivity contribution in [2.45, 2.75) is 48.5 Å². The number of halogens is 1. The molecule has 0 fully saturated rings. The maximum absolute atomic E-state index is 14.2. The molecule has 0 amide bonds. The number of rotatable bonds is 6. The first-order valence-corrected chi connectivity index (χ1v) is 10.5. The predicted molar refractivity (Wildman–Crippen MR) is 134 cm³/mol. The van der Waals surface area contributed by atoms with Gasteiger partial charge in [-0.25, -0.2) is 4.39 Å². The lowest BCUT2D eigenvalue weighted by Gasteiger charge is -2.20. The number of benzene rings is 2. The summed E-state index contributed by atoms with van der Waals surface area (Å²) in [6, 6.07) is 9.02. The van der Waals surface area contributed by atoms with Crippen LogP contribution < -0.4 is 10.6 Å². The maximum atomic E-state index is 14.2. The van der Waals surface area contributed by atoms with Gasteiger partial charge in [0.05, 0.1) is 0 Å². The molecule has 4 heteroatoms. The quantitative estimate of drug-likeness (QED) is 0.372. The molecular weight excluding hydrogens is 391 g/mol. The summed E-state index contributed by atoms with van der Waals surface area (Å²) in [5.41, 5.74) is 7.81. The number of anilines is 1. The lowest BCUT2D eigenvalue weighted by Crippen LogP contribution is -2.25. The van der Waals surface area contributed by atoms with Crippen LogP contribution in [0.5, 0.6) is 0 Å². The summed E-state index contributed by atoms with van der Waals surface area (Å²) in [6.07, 6.45) is 1.85. The molecule has 0 atom stereocenters. The first kappa shape index (κ1) is 25.3. The second kappa shape index (κ2) is 11.5. The van der Waals surface area contributed by atoms with Crippen LogP contribution in [0, 0.1) is 33.5 Å². The van der Waals surface area contributed by atoms with Gasteiger partial charge >= 0.3 is 0 Å². The molecule has 0 aliphatic heterocycles. The van der Waals surface area contributed by atoms with Crippen LogP contribution in [-0.4, -0.2) is 4.99 Å². The standard InChI is InChI=1S/C24H27FN2S.C2H6/c1-8-21(27-24(28)23-15(3)10-9-11-20(23)25)18(6)19(7)26-22-13-12-14(2)16(4)17(22)5;1-2/h8-13,26H,6-7H2,1-5H3,(H,27,28);1-2H3/b21-8+;. The van der Waals surface area contributed by atoms with Gasteiger partial charge in [0.2, 0.25) is 0 Å². The third-order valence-corrected chi connectivity index (χ3v) is 5.33. The van der Waals surface area contributed by atoms with Gasteiger partial charge in [0.1, 0.15) is 10.8 Å². The molecule has 0 aliphatic carbocycles. The van der Waals surface area contributed by atoms with E-state index in [9.17, 15) is 4.39 Å². The SMILES string of the molecule is C=C(Nc1ccc(C)c(C)c1C)C(=C)/C(=C\C)NC(=S)c1c(C)cccc1F.CC. The smallest absolute Gasteiger partial charge is 0.133 e. The summed E-state index contributed by atoms with van der Waals surface area (Å²) in [7, 11) is 0. The van der Waals surface area contributed by atoms with Gasteiger partial charge in [0, 0.05) is 28.2 Å². The monoisotopic (exact) mass is 424 g/mol. The summed E-state index contributed by atoms with van der Waals surface area (Å²) in [5.74, 6) is -0.346. The lowest BCUT2D eigenvalue weighted by atomic mass is 10.0. The summed E-state index contributed by atoms with van der Waals surface area (Å²) in [6.45, 7) is 22.2. The molecule has 2 aromatic carbocycles. The molecule has 30 heavy (non-hydrogen) atoms. The Morgan fingerprint density at radius 3 is 2.17 bits per heavy atom. The van der Waals surface area contributed by atoms with Crippen molar-refractivity contribution in [1.82, 2.24) is 5.32 Å². The number of hydrogen-bond donors (Lipinski definition) is 2. The molecule has 0 saturated carbocycles. The van der Waals surface area contributed by atoms with E-state index in [1.54, 1.807) is 6.07 Å². The minimum atomic E-state index is -0.346. The molecule has 2 N–H and O–H groups in total. The van der Waals surface area contributed by atoms with Crippen molar-refractivity contribution < 1.29 is 4.39 Å². The summed E-state index contributed by atoms with van der Waals surface area (Å²) < 4.78 is 14.2. The first-order chi connectivity index (χ1) is 14.2. The summed E-state index contributed by atoms with van der Waals surface area (Å²) in [4.78, 5) is 0.319. The van der Waals surface area contributed by atoms with Gasteiger partial charge in [-0.1, -0.05) is 63.5 Å². The van der Waals surface area contributed by atoms with Crippen LogP contribution in [0.2, 0.25) is 0 Å². The van der Waals surface area contributed by atoms with E-state index in [0.717, 1.165) is 11.3 Å². The van der Waals surface area contributed by atoms with Crippen LogP contribution in [-0.2, 0) is 0 Å². The van der Waals surface area contributed by atoms with E-state index in [-0.39, 0.29) is 5.82 Å². The van der Waals surface area contributed by atoms with Crippen LogP contribution in [0.15, 0.2) is 66.5 Å². The highest BCUT2D eigenvalue weighted by atomic mass is 32.1. The Balaban J connectivity index is 0.00000218. The van der Waals surface area contributed by atoms with Gasteiger partial charge in [-0.15, -0.1) is 0 Å². The van der Waals surface area contributed by atoms with E-state index >= 15 is 0 Å². The van der Waals surface area contributed by atoms with Crippen molar-refractivity contribution in [3.05, 3.63) is 100 Å². The first-order valence-electron chi connectivity index (χ1n) is 10.1. The molecule has 2 rings (SSSR count). The van der Waals surface area contributed by atoms with E-state index in [0.29, 0.717) is 27.5 Å². The van der Waals surface area contributed by atoms with Gasteiger partial charge in [0.25, 0.3) is 0 Å². The van der Waals surface area contributed by atoms with Crippen molar-refractivity contribution >= 4 is 22.9 Å². The largest absolute Gasteiger partial charge is 0.355 e. The van der Waals surface area contributed by atoms with E-state index < -0.39 is 0 Å². The van der Waals surface area contributed by atoms with E-state index in [1.165, 1.54) is 22.8 Å². The Hall–Kier alpha value is -2.72. The highest BCUT2D eigenvalue weighted by molar-refractivity contribution is 7.80. The number of nitrogens with one attached hydrogen (secondary N) is 2. The molecule has 0 aromatic heterocycles. The average molecular weight is 425 g/mol. The number of aryl methyl sites for hydroxylation is 2. The van der Waals surface area contributed by atoms with Crippen molar-refractivity contribution in [2.75, 3.05) is 5.32 Å². The van der Waals surface area contributed by atoms with Crippen LogP contribution in [0.4, 0.5) is 10.1 Å². The maximum Gasteiger partial charge on any atom is 0.133 e. The van der Waals surface area contributed by atoms with Gasteiger partial charge in [0.15, 0.2) is 0 Å². The van der Waals surface area contributed by atoms with E-state index in [1.807, 2.05) is 45.9 Å². The van der Waals surface area contributed by atoms with Crippen molar-refractivity contribution in [2.24, 2.45) is 0 Å². The minimum absolute atomic E-state index is 0.319. The van der Waals surface area contributed by atoms with Gasteiger partial charge in [-0.2, -0.15) is 0 Å². The molecule has 2 aromatic rings. The van der Waals surface area contributed by atoms with Gasteiger partial charge < -0.3 is 10.6 Å². The molecule has 0 bridgehead atoms. The zero-order valence-corrected chi connectivity index (χ0v) is 20.0. The highest BCUT2D eigenvalue weighted by Gasteiger charge is 2.15. The normalized spacial score (nSPS) is 10.6. The Bertz CT molecular complexity index is 967. The minimum Gasteiger partial charge on any atom is -0.355 e. The van der Waals surface area contributed by atoms with Crippen LogP contribution in [0.3, 0.4) is 0 Å². The van der Waals surface area contributed by atoms with Crippen molar-refractivity contribution in [3.63, 3.8) is 0 Å². The fourth-order valence-electron chi connectivity index (χ4n) is 2.92. The summed E-state index contributed by atoms with van der Waals surface area (Å²) >= 11 is 5.44. The fourth-order valence-corrected chi connectivity index (χ4v) is 3.29. The molecule has 2 nitrogen and oxygen atoms in total. The highest BCUT2D eigenvalue weighted by Crippen LogP contribution is 2.25. The molecule has 0 spiro atoms. The topological polar surface area (TPSA) is 24.1 Å². The van der Waals surface area contributed by atoms with Gasteiger partial charge in [-0.3, -0.25) is 0 Å². The molecule has 160 valence electrons. The lowest BCUT2D eigenvalue weighted by molar-refractivity contribution is 0.623. The Morgan fingerprint density at radius 2 is 1.60 bits per heavy atom. The average Bonchev–Trinajstić information content (AvgIpc) is 2.73. The number of allylic oxidation sites excluding steroid dienone is 1. The Kier molecular flexibility index (Phi) is 9.67. The van der Waals surface area contributed by atoms with Crippen LogP contribution in [0.1, 0.15) is 48.6 Å².